The number of hydrogen-bond acceptors (Lipinski definition) is 14. The van der Waals surface area contributed by atoms with Crippen LogP contribution in [0.25, 0.3) is 0 Å². The highest BCUT2D eigenvalue weighted by molar-refractivity contribution is 5.99. The standard InChI is InChI=1S/C49H74N2O12/c1-12-29-14-13-15-39(63-41-17-16-38(50(5)6)26(3)59-41)25(2)45(53)37-23-34-33-21-32(62-49-48(58-11)47(57-10)46(56-9)27(4)60-49)22-36(33)43-44(42(34)35(37)24-40(52)61-29)51(43)28-18-30(54-7)20-31(19-28)55-8/h18-20,23,25-27,29,32-36,38-39,41-44,46-49H,12-17,21-22,24H2,1-11H3/t25-,26?,27?,29+,32+,33+,34+,35-,36-,38+,39+,41+,42-,43?,44-,46+,47?,48+,49+,51?/m1/s1. The average molecular weight is 883 g/mol. The monoisotopic (exact) mass is 883 g/mol. The summed E-state index contributed by atoms with van der Waals surface area (Å²) in [7, 11) is 12.5. The minimum Gasteiger partial charge on any atom is -0.497 e. The number of rotatable bonds is 12. The van der Waals surface area contributed by atoms with Gasteiger partial charge in [-0.3, -0.25) is 9.59 Å². The lowest BCUT2D eigenvalue weighted by atomic mass is 9.66. The number of ketones is 1. The van der Waals surface area contributed by atoms with E-state index in [0.717, 1.165) is 56.2 Å². The second kappa shape index (κ2) is 19.6. The van der Waals surface area contributed by atoms with Gasteiger partial charge < -0.3 is 57.2 Å². The Morgan fingerprint density at radius 3 is 2.11 bits per heavy atom. The number of fused-ring (bicyclic) bond motifs is 8. The van der Waals surface area contributed by atoms with Crippen molar-refractivity contribution in [2.45, 2.75) is 165 Å². The third kappa shape index (κ3) is 9.05. The molecular weight excluding hydrogens is 809 g/mol. The van der Waals surface area contributed by atoms with E-state index in [9.17, 15) is 4.79 Å². The fourth-order valence-electron chi connectivity index (χ4n) is 12.9. The minimum atomic E-state index is -0.654. The normalized spacial score (nSPS) is 42.8. The Bertz CT molecular complexity index is 1770. The molecule has 4 aliphatic heterocycles. The zero-order valence-corrected chi connectivity index (χ0v) is 39.4. The van der Waals surface area contributed by atoms with Gasteiger partial charge in [-0.05, 0) is 109 Å². The van der Waals surface area contributed by atoms with E-state index in [-0.39, 0.29) is 109 Å². The SMILES string of the molecule is CC[C@H]1CCC[C@H](O[C@H]2CC[C@H](N(C)C)C(C)O2)[C@@H](C)C(=O)C2=C[C@H]3[C@@H]4C[C@H](O[C@@H]5OC(C)[C@H](OC)C(OC)[C@@H]5OC)C[C@H]4C4[C@@H]([C@H]3[C@@H]2CC(=O)O1)N4c1cc(OC)cc(OC)c1. The van der Waals surface area contributed by atoms with Gasteiger partial charge in [0.2, 0.25) is 0 Å². The van der Waals surface area contributed by atoms with Crippen molar-refractivity contribution in [1.29, 1.82) is 0 Å². The second-order valence-electron chi connectivity index (χ2n) is 19.6. The van der Waals surface area contributed by atoms with Crippen LogP contribution in [0.1, 0.15) is 85.5 Å². The van der Waals surface area contributed by atoms with Crippen molar-refractivity contribution in [1.82, 2.24) is 4.90 Å². The molecule has 4 saturated heterocycles. The summed E-state index contributed by atoms with van der Waals surface area (Å²) in [5.74, 6) is 0.983. The maximum absolute atomic E-state index is 15.3. The Morgan fingerprint density at radius 2 is 1.48 bits per heavy atom. The van der Waals surface area contributed by atoms with E-state index in [4.69, 9.17) is 47.4 Å². The van der Waals surface area contributed by atoms with Gasteiger partial charge in [0.25, 0.3) is 0 Å². The number of carbonyl (C=O) groups is 2. The number of methoxy groups -OCH3 is 5. The number of esters is 1. The lowest BCUT2D eigenvalue weighted by Crippen LogP contribution is -2.59. The Hall–Kier alpha value is -2.82. The maximum atomic E-state index is 15.3. The predicted octanol–water partition coefficient (Wildman–Crippen LogP) is 6.21. The Morgan fingerprint density at radius 1 is 0.778 bits per heavy atom. The van der Waals surface area contributed by atoms with Gasteiger partial charge in [0.1, 0.15) is 35.9 Å². The molecule has 3 aliphatic carbocycles. The van der Waals surface area contributed by atoms with E-state index in [0.29, 0.717) is 24.0 Å². The van der Waals surface area contributed by atoms with Crippen LogP contribution in [0, 0.1) is 35.5 Å². The van der Waals surface area contributed by atoms with Crippen LogP contribution < -0.4 is 14.4 Å². The molecule has 2 saturated carbocycles. The molecule has 4 heterocycles. The molecule has 7 aliphatic rings. The van der Waals surface area contributed by atoms with Crippen molar-refractivity contribution in [3.8, 4) is 11.5 Å². The highest BCUT2D eigenvalue weighted by Crippen LogP contribution is 2.65. The molecule has 352 valence electrons. The number of benzene rings is 1. The Balaban J connectivity index is 1.13. The third-order valence-corrected chi connectivity index (χ3v) is 16.0. The van der Waals surface area contributed by atoms with Crippen LogP contribution in [0.2, 0.25) is 0 Å². The van der Waals surface area contributed by atoms with Crippen molar-refractivity contribution in [3.05, 3.63) is 29.8 Å². The number of nitrogens with zero attached hydrogens (tertiary/aromatic N) is 2. The van der Waals surface area contributed by atoms with Crippen LogP contribution in [0.4, 0.5) is 5.69 Å². The van der Waals surface area contributed by atoms with Crippen LogP contribution in [-0.2, 0) is 47.5 Å². The topological polar surface area (TPSA) is 133 Å². The quantitative estimate of drug-likeness (QED) is 0.174. The van der Waals surface area contributed by atoms with Crippen molar-refractivity contribution in [2.75, 3.05) is 54.5 Å². The molecule has 1 aromatic rings. The smallest absolute Gasteiger partial charge is 0.306 e. The summed E-state index contributed by atoms with van der Waals surface area (Å²) in [6.07, 6.45) is 5.49. The van der Waals surface area contributed by atoms with E-state index in [2.05, 4.69) is 56.0 Å². The van der Waals surface area contributed by atoms with Crippen LogP contribution in [0.3, 0.4) is 0 Å². The molecule has 4 unspecified atom stereocenters. The summed E-state index contributed by atoms with van der Waals surface area (Å²) in [4.78, 5) is 34.1. The highest BCUT2D eigenvalue weighted by Gasteiger charge is 2.69. The molecule has 14 heteroatoms. The molecule has 63 heavy (non-hydrogen) atoms. The molecule has 14 nitrogen and oxygen atoms in total. The molecule has 0 amide bonds. The minimum absolute atomic E-state index is 0.00298. The van der Waals surface area contributed by atoms with E-state index < -0.39 is 18.3 Å². The van der Waals surface area contributed by atoms with Gasteiger partial charge in [-0.1, -0.05) is 19.9 Å². The van der Waals surface area contributed by atoms with Gasteiger partial charge in [-0.15, -0.1) is 0 Å². The van der Waals surface area contributed by atoms with Crippen molar-refractivity contribution in [3.63, 3.8) is 0 Å². The molecule has 0 bridgehead atoms. The van der Waals surface area contributed by atoms with Crippen molar-refractivity contribution >= 4 is 17.4 Å². The van der Waals surface area contributed by atoms with E-state index in [1.54, 1.807) is 35.5 Å². The lowest BCUT2D eigenvalue weighted by Gasteiger charge is -2.44. The van der Waals surface area contributed by atoms with Crippen molar-refractivity contribution < 1.29 is 57.0 Å². The van der Waals surface area contributed by atoms with E-state index >= 15 is 4.79 Å². The van der Waals surface area contributed by atoms with Crippen LogP contribution in [0.5, 0.6) is 11.5 Å². The number of anilines is 1. The van der Waals surface area contributed by atoms with Gasteiger partial charge in [-0.25, -0.2) is 0 Å². The van der Waals surface area contributed by atoms with Gasteiger partial charge >= 0.3 is 5.97 Å². The number of Topliss-reactive ketones (excluding diaryl/α,β-unsaturated/α-hetero) is 1. The molecule has 19 atom stereocenters. The first kappa shape index (κ1) is 46.7. The zero-order chi connectivity index (χ0) is 44.9. The molecular formula is C49H74N2O12. The fourth-order valence-corrected chi connectivity index (χ4v) is 12.9. The summed E-state index contributed by atoms with van der Waals surface area (Å²) >= 11 is 0. The largest absolute Gasteiger partial charge is 0.497 e. The number of likely N-dealkylation sites (N-methyl/N-ethyl adjacent to an activating group) is 1. The zero-order valence-electron chi connectivity index (χ0n) is 39.4. The predicted molar refractivity (Wildman–Crippen MR) is 235 cm³/mol. The second-order valence-corrected chi connectivity index (χ2v) is 19.6. The Labute approximate surface area is 374 Å². The maximum Gasteiger partial charge on any atom is 0.306 e. The summed E-state index contributed by atoms with van der Waals surface area (Å²) in [5, 5.41) is 0. The molecule has 6 fully saturated rings. The van der Waals surface area contributed by atoms with Gasteiger partial charge in [0.05, 0.1) is 57.1 Å². The summed E-state index contributed by atoms with van der Waals surface area (Å²) in [6, 6.07) is 6.57. The van der Waals surface area contributed by atoms with Gasteiger partial charge in [-0.2, -0.15) is 0 Å². The first-order chi connectivity index (χ1) is 30.3. The average Bonchev–Trinajstić information content (AvgIpc) is 3.68. The van der Waals surface area contributed by atoms with Crippen LogP contribution in [-0.4, -0.2) is 146 Å². The fraction of sp³-hybridized carbons (Fsp3) is 0.796. The lowest BCUT2D eigenvalue weighted by molar-refractivity contribution is -0.314. The molecule has 0 aromatic heterocycles. The van der Waals surface area contributed by atoms with Gasteiger partial charge in [0.15, 0.2) is 18.4 Å². The Kier molecular flexibility index (Phi) is 14.5. The molecule has 8 rings (SSSR count). The van der Waals surface area contributed by atoms with Gasteiger partial charge in [0, 0.05) is 63.1 Å². The molecule has 0 spiro atoms. The summed E-state index contributed by atoms with van der Waals surface area (Å²) < 4.78 is 62.2. The number of cyclic esters (lactones) is 1. The van der Waals surface area contributed by atoms with Crippen LogP contribution >= 0.6 is 0 Å². The number of carbonyl (C=O) groups excluding carboxylic acids is 2. The van der Waals surface area contributed by atoms with E-state index in [1.807, 2.05) is 19.9 Å². The molecule has 0 N–H and O–H groups in total. The molecule has 0 radical (unpaired) electrons. The van der Waals surface area contributed by atoms with Crippen molar-refractivity contribution in [2.24, 2.45) is 35.5 Å². The number of hydrogen-bond donors (Lipinski definition) is 0. The number of ether oxygens (including phenoxy) is 10. The first-order valence-corrected chi connectivity index (χ1v) is 23.7. The third-order valence-electron chi connectivity index (χ3n) is 16.0. The first-order valence-electron chi connectivity index (χ1n) is 23.7. The molecule has 1 aromatic carbocycles. The van der Waals surface area contributed by atoms with Crippen LogP contribution in [0.15, 0.2) is 29.8 Å². The summed E-state index contributed by atoms with van der Waals surface area (Å²) in [5.41, 5.74) is 1.75. The summed E-state index contributed by atoms with van der Waals surface area (Å²) in [6.45, 7) is 8.19. The van der Waals surface area contributed by atoms with E-state index in [1.165, 1.54) is 0 Å². The highest BCUT2D eigenvalue weighted by atomic mass is 16.7. The number of allylic oxidation sites excluding steroid dienone is 2.